The van der Waals surface area contributed by atoms with Crippen molar-refractivity contribution in [3.05, 3.63) is 77.2 Å². The first-order valence-electron chi connectivity index (χ1n) is 7.97. The zero-order valence-electron chi connectivity index (χ0n) is 14.2. The number of rotatable bonds is 5. The molecule has 0 atom stereocenters. The zero-order chi connectivity index (χ0) is 17.6. The van der Waals surface area contributed by atoms with Crippen LogP contribution in [0.15, 0.2) is 54.9 Å². The van der Waals surface area contributed by atoms with Gasteiger partial charge in [-0.25, -0.2) is 0 Å². The molecular formula is C19H19N5O. The second-order valence-corrected chi connectivity index (χ2v) is 5.77. The maximum atomic E-state index is 12.3. The molecule has 3 aromatic rings. The van der Waals surface area contributed by atoms with Crippen LogP contribution in [0.3, 0.4) is 0 Å². The Kier molecular flexibility index (Phi) is 4.99. The summed E-state index contributed by atoms with van der Waals surface area (Å²) in [4.78, 5) is 16.2. The molecule has 0 aliphatic carbocycles. The van der Waals surface area contributed by atoms with E-state index >= 15 is 0 Å². The van der Waals surface area contributed by atoms with Crippen molar-refractivity contribution >= 4 is 17.4 Å². The SMILES string of the molecule is Cc1ccc(NC(=O)c2ccc(NCc3ccncc3)nn2)cc1C. The molecule has 3 rings (SSSR count). The van der Waals surface area contributed by atoms with Crippen molar-refractivity contribution in [1.29, 1.82) is 0 Å². The Balaban J connectivity index is 1.61. The van der Waals surface area contributed by atoms with E-state index in [1.165, 1.54) is 5.56 Å². The van der Waals surface area contributed by atoms with Gasteiger partial charge in [0.15, 0.2) is 5.69 Å². The van der Waals surface area contributed by atoms with Gasteiger partial charge in [0.2, 0.25) is 0 Å². The number of hydrogen-bond donors (Lipinski definition) is 2. The molecule has 0 aliphatic rings. The summed E-state index contributed by atoms with van der Waals surface area (Å²) in [6, 6.07) is 13.0. The molecule has 0 unspecified atom stereocenters. The standard InChI is InChI=1S/C19H19N5O/c1-13-3-4-16(11-14(13)2)22-19(25)17-5-6-18(24-23-17)21-12-15-7-9-20-10-8-15/h3-11H,12H2,1-2H3,(H,21,24)(H,22,25). The molecule has 1 aromatic carbocycles. The highest BCUT2D eigenvalue weighted by Gasteiger charge is 2.09. The van der Waals surface area contributed by atoms with E-state index in [4.69, 9.17) is 0 Å². The van der Waals surface area contributed by atoms with Gasteiger partial charge in [-0.15, -0.1) is 10.2 Å². The average molecular weight is 333 g/mol. The Morgan fingerprint density at radius 1 is 0.960 bits per heavy atom. The molecule has 0 bridgehead atoms. The molecule has 2 heterocycles. The predicted molar refractivity (Wildman–Crippen MR) is 97.5 cm³/mol. The van der Waals surface area contributed by atoms with Crippen molar-refractivity contribution in [3.8, 4) is 0 Å². The Bertz CT molecular complexity index is 863. The van der Waals surface area contributed by atoms with Crippen LogP contribution in [0.4, 0.5) is 11.5 Å². The highest BCUT2D eigenvalue weighted by Crippen LogP contribution is 2.15. The van der Waals surface area contributed by atoms with Crippen LogP contribution < -0.4 is 10.6 Å². The van der Waals surface area contributed by atoms with Crippen LogP contribution in [0.5, 0.6) is 0 Å². The molecule has 0 spiro atoms. The fourth-order valence-corrected chi connectivity index (χ4v) is 2.26. The van der Waals surface area contributed by atoms with E-state index in [-0.39, 0.29) is 11.6 Å². The van der Waals surface area contributed by atoms with E-state index in [1.54, 1.807) is 24.5 Å². The number of benzene rings is 1. The number of nitrogens with one attached hydrogen (secondary N) is 2. The first kappa shape index (κ1) is 16.6. The number of pyridine rings is 1. The van der Waals surface area contributed by atoms with Crippen LogP contribution in [-0.4, -0.2) is 21.1 Å². The van der Waals surface area contributed by atoms with E-state index in [0.717, 1.165) is 16.8 Å². The van der Waals surface area contributed by atoms with Gasteiger partial charge >= 0.3 is 0 Å². The molecule has 25 heavy (non-hydrogen) atoms. The predicted octanol–water partition coefficient (Wildman–Crippen LogP) is 3.35. The topological polar surface area (TPSA) is 79.8 Å². The van der Waals surface area contributed by atoms with E-state index in [2.05, 4.69) is 25.8 Å². The molecular weight excluding hydrogens is 314 g/mol. The average Bonchev–Trinajstić information content (AvgIpc) is 2.64. The summed E-state index contributed by atoms with van der Waals surface area (Å²) in [5.74, 6) is 0.330. The summed E-state index contributed by atoms with van der Waals surface area (Å²) < 4.78 is 0. The summed E-state index contributed by atoms with van der Waals surface area (Å²) in [6.07, 6.45) is 3.48. The molecule has 0 saturated carbocycles. The van der Waals surface area contributed by atoms with Crippen LogP contribution >= 0.6 is 0 Å². The van der Waals surface area contributed by atoms with Crippen LogP contribution in [0.1, 0.15) is 27.2 Å². The first-order valence-corrected chi connectivity index (χ1v) is 7.97. The van der Waals surface area contributed by atoms with Crippen LogP contribution in [-0.2, 0) is 6.54 Å². The van der Waals surface area contributed by atoms with Gasteiger partial charge in [-0.1, -0.05) is 6.07 Å². The largest absolute Gasteiger partial charge is 0.365 e. The van der Waals surface area contributed by atoms with Gasteiger partial charge in [0.1, 0.15) is 5.82 Å². The van der Waals surface area contributed by atoms with Crippen molar-refractivity contribution in [2.45, 2.75) is 20.4 Å². The number of aromatic nitrogens is 3. The van der Waals surface area contributed by atoms with Crippen molar-refractivity contribution in [3.63, 3.8) is 0 Å². The molecule has 6 nitrogen and oxygen atoms in total. The van der Waals surface area contributed by atoms with Crippen molar-refractivity contribution in [2.75, 3.05) is 10.6 Å². The molecule has 0 saturated heterocycles. The molecule has 0 radical (unpaired) electrons. The summed E-state index contributed by atoms with van der Waals surface area (Å²) in [6.45, 7) is 4.66. The minimum absolute atomic E-state index is 0.271. The third-order valence-electron chi connectivity index (χ3n) is 3.88. The molecule has 0 fully saturated rings. The highest BCUT2D eigenvalue weighted by molar-refractivity contribution is 6.02. The van der Waals surface area contributed by atoms with Crippen molar-refractivity contribution in [2.24, 2.45) is 0 Å². The van der Waals surface area contributed by atoms with E-state index in [1.807, 2.05) is 44.2 Å². The third kappa shape index (κ3) is 4.38. The normalized spacial score (nSPS) is 10.3. The quantitative estimate of drug-likeness (QED) is 0.748. The van der Waals surface area contributed by atoms with E-state index < -0.39 is 0 Å². The number of hydrogen-bond acceptors (Lipinski definition) is 5. The highest BCUT2D eigenvalue weighted by atomic mass is 16.1. The molecule has 1 amide bonds. The molecule has 126 valence electrons. The Morgan fingerprint density at radius 3 is 2.44 bits per heavy atom. The number of amides is 1. The van der Waals surface area contributed by atoms with Gasteiger partial charge < -0.3 is 10.6 Å². The van der Waals surface area contributed by atoms with Crippen molar-refractivity contribution in [1.82, 2.24) is 15.2 Å². The number of anilines is 2. The maximum absolute atomic E-state index is 12.3. The third-order valence-corrected chi connectivity index (χ3v) is 3.88. The number of nitrogens with zero attached hydrogens (tertiary/aromatic N) is 3. The number of carbonyl (C=O) groups excluding carboxylic acids is 1. The minimum atomic E-state index is -0.281. The van der Waals surface area contributed by atoms with Gasteiger partial charge in [-0.3, -0.25) is 9.78 Å². The Morgan fingerprint density at radius 2 is 1.76 bits per heavy atom. The van der Waals surface area contributed by atoms with Crippen LogP contribution in [0.2, 0.25) is 0 Å². The lowest BCUT2D eigenvalue weighted by atomic mass is 10.1. The summed E-state index contributed by atoms with van der Waals surface area (Å²) >= 11 is 0. The fourth-order valence-electron chi connectivity index (χ4n) is 2.26. The molecule has 2 N–H and O–H groups in total. The maximum Gasteiger partial charge on any atom is 0.276 e. The second-order valence-electron chi connectivity index (χ2n) is 5.77. The smallest absolute Gasteiger partial charge is 0.276 e. The first-order chi connectivity index (χ1) is 12.1. The van der Waals surface area contributed by atoms with Crippen LogP contribution in [0, 0.1) is 13.8 Å². The molecule has 0 aliphatic heterocycles. The van der Waals surface area contributed by atoms with Gasteiger partial charge in [0.25, 0.3) is 5.91 Å². The minimum Gasteiger partial charge on any atom is -0.365 e. The Labute approximate surface area is 146 Å². The zero-order valence-corrected chi connectivity index (χ0v) is 14.2. The monoisotopic (exact) mass is 333 g/mol. The molecule has 6 heteroatoms. The molecule has 2 aromatic heterocycles. The number of aryl methyl sites for hydroxylation is 2. The van der Waals surface area contributed by atoms with Gasteiger partial charge in [-0.05, 0) is 66.9 Å². The Hall–Kier alpha value is -3.28. The lowest BCUT2D eigenvalue weighted by Gasteiger charge is -2.08. The summed E-state index contributed by atoms with van der Waals surface area (Å²) in [5, 5.41) is 14.0. The van der Waals surface area contributed by atoms with E-state index in [0.29, 0.717) is 12.4 Å². The summed E-state index contributed by atoms with van der Waals surface area (Å²) in [7, 11) is 0. The number of carbonyl (C=O) groups is 1. The van der Waals surface area contributed by atoms with E-state index in [9.17, 15) is 4.79 Å². The lowest BCUT2D eigenvalue weighted by Crippen LogP contribution is -2.15. The van der Waals surface area contributed by atoms with Crippen LogP contribution in [0.25, 0.3) is 0 Å². The second kappa shape index (κ2) is 7.53. The lowest BCUT2D eigenvalue weighted by molar-refractivity contribution is 0.102. The fraction of sp³-hybridized carbons (Fsp3) is 0.158. The van der Waals surface area contributed by atoms with Crippen molar-refractivity contribution < 1.29 is 4.79 Å². The van der Waals surface area contributed by atoms with Gasteiger partial charge in [0, 0.05) is 24.6 Å². The van der Waals surface area contributed by atoms with Gasteiger partial charge in [-0.2, -0.15) is 0 Å². The van der Waals surface area contributed by atoms with Gasteiger partial charge in [0.05, 0.1) is 0 Å². The summed E-state index contributed by atoms with van der Waals surface area (Å²) in [5.41, 5.74) is 4.41.